The summed E-state index contributed by atoms with van der Waals surface area (Å²) >= 11 is 0. The fourth-order valence-electron chi connectivity index (χ4n) is 2.41. The molecular weight excluding hydrogens is 330 g/mol. The van der Waals surface area contributed by atoms with Gasteiger partial charge in [0.05, 0.1) is 19.9 Å². The van der Waals surface area contributed by atoms with Crippen molar-refractivity contribution >= 4 is 17.5 Å². The van der Waals surface area contributed by atoms with Gasteiger partial charge in [-0.3, -0.25) is 0 Å². The van der Waals surface area contributed by atoms with Gasteiger partial charge in [-0.25, -0.2) is 0 Å². The maximum atomic E-state index is 5.44. The molecule has 2 aromatic carbocycles. The minimum Gasteiger partial charge on any atom is -0.496 e. The number of ether oxygens (including phenoxy) is 2. The van der Waals surface area contributed by atoms with Crippen molar-refractivity contribution in [3.8, 4) is 11.5 Å². The number of nitrogens with zero attached hydrogens (tertiary/aromatic N) is 3. The first-order valence-corrected chi connectivity index (χ1v) is 8.34. The molecular formula is C19H21N5O2. The SMILES string of the molecule is CCOc1ccc(Nc2cnnc(NCc3ccccc3OC)n2)cc1. The number of hydrogen-bond acceptors (Lipinski definition) is 7. The number of benzene rings is 2. The van der Waals surface area contributed by atoms with Crippen molar-refractivity contribution in [1.82, 2.24) is 15.2 Å². The average molecular weight is 351 g/mol. The topological polar surface area (TPSA) is 81.2 Å². The monoisotopic (exact) mass is 351 g/mol. The van der Waals surface area contributed by atoms with Gasteiger partial charge in [-0.2, -0.15) is 10.1 Å². The summed E-state index contributed by atoms with van der Waals surface area (Å²) in [7, 11) is 1.65. The van der Waals surface area contributed by atoms with Crippen LogP contribution in [0.25, 0.3) is 0 Å². The molecule has 0 spiro atoms. The molecule has 7 heteroatoms. The molecule has 3 aromatic rings. The molecule has 2 N–H and O–H groups in total. The van der Waals surface area contributed by atoms with Crippen LogP contribution in [0, 0.1) is 0 Å². The Balaban J connectivity index is 1.64. The summed E-state index contributed by atoms with van der Waals surface area (Å²) in [6.07, 6.45) is 1.57. The van der Waals surface area contributed by atoms with Crippen molar-refractivity contribution < 1.29 is 9.47 Å². The highest BCUT2D eigenvalue weighted by molar-refractivity contribution is 5.57. The van der Waals surface area contributed by atoms with Gasteiger partial charge in [0.15, 0.2) is 5.82 Å². The molecule has 0 radical (unpaired) electrons. The molecule has 0 atom stereocenters. The van der Waals surface area contributed by atoms with Crippen LogP contribution >= 0.6 is 0 Å². The van der Waals surface area contributed by atoms with Crippen LogP contribution in [-0.2, 0) is 6.54 Å². The number of para-hydroxylation sites is 1. The maximum Gasteiger partial charge on any atom is 0.244 e. The van der Waals surface area contributed by atoms with E-state index >= 15 is 0 Å². The molecule has 0 aliphatic heterocycles. The van der Waals surface area contributed by atoms with Gasteiger partial charge in [0.25, 0.3) is 0 Å². The highest BCUT2D eigenvalue weighted by Crippen LogP contribution is 2.20. The van der Waals surface area contributed by atoms with Crippen molar-refractivity contribution in [3.63, 3.8) is 0 Å². The summed E-state index contributed by atoms with van der Waals surface area (Å²) in [5.41, 5.74) is 1.91. The fraction of sp³-hybridized carbons (Fsp3) is 0.211. The predicted molar refractivity (Wildman–Crippen MR) is 101 cm³/mol. The predicted octanol–water partition coefficient (Wildman–Crippen LogP) is 3.63. The normalized spacial score (nSPS) is 10.2. The number of hydrogen-bond donors (Lipinski definition) is 2. The number of aromatic nitrogens is 3. The lowest BCUT2D eigenvalue weighted by atomic mass is 10.2. The van der Waals surface area contributed by atoms with Crippen LogP contribution < -0.4 is 20.1 Å². The number of rotatable bonds is 8. The van der Waals surface area contributed by atoms with Gasteiger partial charge in [0, 0.05) is 17.8 Å². The lowest BCUT2D eigenvalue weighted by Crippen LogP contribution is -2.07. The number of nitrogens with one attached hydrogen (secondary N) is 2. The smallest absolute Gasteiger partial charge is 0.244 e. The molecule has 0 aliphatic carbocycles. The summed E-state index contributed by atoms with van der Waals surface area (Å²) in [6, 6.07) is 15.5. The van der Waals surface area contributed by atoms with Gasteiger partial charge in [-0.1, -0.05) is 18.2 Å². The zero-order valence-electron chi connectivity index (χ0n) is 14.8. The van der Waals surface area contributed by atoms with Crippen molar-refractivity contribution in [2.75, 3.05) is 24.4 Å². The zero-order valence-corrected chi connectivity index (χ0v) is 14.8. The van der Waals surface area contributed by atoms with Crippen LogP contribution in [-0.4, -0.2) is 28.9 Å². The summed E-state index contributed by atoms with van der Waals surface area (Å²) < 4.78 is 10.8. The van der Waals surface area contributed by atoms with E-state index in [1.165, 1.54) is 0 Å². The van der Waals surface area contributed by atoms with Gasteiger partial charge in [0.2, 0.25) is 5.95 Å². The number of methoxy groups -OCH3 is 1. The van der Waals surface area contributed by atoms with E-state index in [-0.39, 0.29) is 0 Å². The van der Waals surface area contributed by atoms with Crippen LogP contribution in [0.2, 0.25) is 0 Å². The van der Waals surface area contributed by atoms with Crippen LogP contribution in [0.1, 0.15) is 12.5 Å². The molecule has 0 unspecified atom stereocenters. The molecule has 7 nitrogen and oxygen atoms in total. The Morgan fingerprint density at radius 2 is 1.85 bits per heavy atom. The Morgan fingerprint density at radius 1 is 1.04 bits per heavy atom. The Hall–Kier alpha value is -3.35. The van der Waals surface area contributed by atoms with Gasteiger partial charge in [-0.15, -0.1) is 5.10 Å². The molecule has 0 aliphatic rings. The first-order chi connectivity index (χ1) is 12.8. The van der Waals surface area contributed by atoms with E-state index in [0.29, 0.717) is 24.9 Å². The Kier molecular flexibility index (Phi) is 5.82. The molecule has 0 amide bonds. The molecule has 0 fully saturated rings. The molecule has 3 rings (SSSR count). The summed E-state index contributed by atoms with van der Waals surface area (Å²) in [6.45, 7) is 3.14. The molecule has 1 aromatic heterocycles. The minimum absolute atomic E-state index is 0.437. The molecule has 134 valence electrons. The van der Waals surface area contributed by atoms with E-state index < -0.39 is 0 Å². The Bertz CT molecular complexity index is 839. The van der Waals surface area contributed by atoms with E-state index in [9.17, 15) is 0 Å². The van der Waals surface area contributed by atoms with Gasteiger partial charge in [0.1, 0.15) is 11.5 Å². The standard InChI is InChI=1S/C19H21N5O2/c1-3-26-16-10-8-15(9-11-16)22-18-13-21-24-19(23-18)20-12-14-6-4-5-7-17(14)25-2/h4-11,13H,3,12H2,1-2H3,(H2,20,22,23,24). The summed E-state index contributed by atoms with van der Waals surface area (Å²) in [5, 5.41) is 14.4. The van der Waals surface area contributed by atoms with Crippen molar-refractivity contribution in [2.24, 2.45) is 0 Å². The Morgan fingerprint density at radius 3 is 2.62 bits per heavy atom. The lowest BCUT2D eigenvalue weighted by Gasteiger charge is -2.10. The van der Waals surface area contributed by atoms with Crippen LogP contribution in [0.3, 0.4) is 0 Å². The van der Waals surface area contributed by atoms with Gasteiger partial charge < -0.3 is 20.1 Å². The van der Waals surface area contributed by atoms with E-state index in [0.717, 1.165) is 22.7 Å². The van der Waals surface area contributed by atoms with E-state index in [4.69, 9.17) is 9.47 Å². The van der Waals surface area contributed by atoms with E-state index in [1.54, 1.807) is 13.3 Å². The third-order valence-corrected chi connectivity index (χ3v) is 3.63. The third-order valence-electron chi connectivity index (χ3n) is 3.63. The summed E-state index contributed by atoms with van der Waals surface area (Å²) in [4.78, 5) is 4.43. The third kappa shape index (κ3) is 4.60. The molecule has 0 bridgehead atoms. The molecule has 26 heavy (non-hydrogen) atoms. The largest absolute Gasteiger partial charge is 0.496 e. The first kappa shape index (κ1) is 17.5. The maximum absolute atomic E-state index is 5.44. The second-order valence-electron chi connectivity index (χ2n) is 5.41. The van der Waals surface area contributed by atoms with Crippen LogP contribution in [0.5, 0.6) is 11.5 Å². The highest BCUT2D eigenvalue weighted by atomic mass is 16.5. The van der Waals surface area contributed by atoms with Crippen LogP contribution in [0.4, 0.5) is 17.5 Å². The average Bonchev–Trinajstić information content (AvgIpc) is 2.69. The molecule has 0 saturated heterocycles. The van der Waals surface area contributed by atoms with Gasteiger partial charge >= 0.3 is 0 Å². The molecule has 0 saturated carbocycles. The van der Waals surface area contributed by atoms with Crippen molar-refractivity contribution in [1.29, 1.82) is 0 Å². The van der Waals surface area contributed by atoms with Crippen molar-refractivity contribution in [2.45, 2.75) is 13.5 Å². The van der Waals surface area contributed by atoms with E-state index in [2.05, 4.69) is 25.8 Å². The minimum atomic E-state index is 0.437. The lowest BCUT2D eigenvalue weighted by molar-refractivity contribution is 0.340. The number of anilines is 3. The Labute approximate surface area is 152 Å². The van der Waals surface area contributed by atoms with Crippen LogP contribution in [0.15, 0.2) is 54.7 Å². The fourth-order valence-corrected chi connectivity index (χ4v) is 2.41. The van der Waals surface area contributed by atoms with Gasteiger partial charge in [-0.05, 0) is 37.3 Å². The second-order valence-corrected chi connectivity index (χ2v) is 5.41. The summed E-state index contributed by atoms with van der Waals surface area (Å²) in [5.74, 6) is 2.69. The highest BCUT2D eigenvalue weighted by Gasteiger charge is 2.05. The second kappa shape index (κ2) is 8.66. The zero-order chi connectivity index (χ0) is 18.2. The first-order valence-electron chi connectivity index (χ1n) is 8.34. The van der Waals surface area contributed by atoms with E-state index in [1.807, 2.05) is 55.5 Å². The molecule has 1 heterocycles. The quantitative estimate of drug-likeness (QED) is 0.641. The van der Waals surface area contributed by atoms with Crippen molar-refractivity contribution in [3.05, 3.63) is 60.3 Å².